The zero-order valence-corrected chi connectivity index (χ0v) is 11.5. The molecule has 0 atom stereocenters. The first-order valence-corrected chi connectivity index (χ1v) is 6.18. The van der Waals surface area contributed by atoms with Crippen LogP contribution in [-0.4, -0.2) is 30.1 Å². The number of anilines is 1. The van der Waals surface area contributed by atoms with E-state index in [0.717, 1.165) is 5.56 Å². The fourth-order valence-corrected chi connectivity index (χ4v) is 1.96. The molecule has 104 valence electrons. The van der Waals surface area contributed by atoms with Gasteiger partial charge in [-0.3, -0.25) is 4.79 Å². The number of nitrogens with two attached hydrogens (primary N) is 1. The summed E-state index contributed by atoms with van der Waals surface area (Å²) in [6.07, 6.45) is 0. The molecule has 1 aromatic rings. The Balaban J connectivity index is 3.22. The maximum absolute atomic E-state index is 11.3. The molecule has 5 nitrogen and oxygen atoms in total. The minimum absolute atomic E-state index is 0.0158. The van der Waals surface area contributed by atoms with Gasteiger partial charge in [-0.25, -0.2) is 4.79 Å². The van der Waals surface area contributed by atoms with Crippen LogP contribution in [-0.2, 0) is 4.79 Å². The first-order chi connectivity index (χ1) is 8.81. The Morgan fingerprint density at radius 2 is 2.00 bits per heavy atom. The van der Waals surface area contributed by atoms with E-state index in [1.165, 1.54) is 0 Å². The average Bonchev–Trinajstić information content (AvgIpc) is 2.26. The van der Waals surface area contributed by atoms with Gasteiger partial charge in [-0.1, -0.05) is 19.9 Å². The standard InChI is InChI=1S/C14H20N2O3/c1-9(2)7-16(8-13(15)17)12-6-10(3)4-5-11(12)14(18)19/h4-6,9H,7-8H2,1-3H3,(H2,15,17)(H,18,19). The first-order valence-electron chi connectivity index (χ1n) is 6.18. The maximum atomic E-state index is 11.3. The Kier molecular flexibility index (Phi) is 4.92. The monoisotopic (exact) mass is 264 g/mol. The highest BCUT2D eigenvalue weighted by atomic mass is 16.4. The van der Waals surface area contributed by atoms with Gasteiger partial charge in [0.15, 0.2) is 0 Å². The summed E-state index contributed by atoms with van der Waals surface area (Å²) in [7, 11) is 0. The molecule has 0 heterocycles. The van der Waals surface area contributed by atoms with Crippen LogP contribution in [0, 0.1) is 12.8 Å². The molecule has 5 heteroatoms. The van der Waals surface area contributed by atoms with Crippen LogP contribution >= 0.6 is 0 Å². The molecule has 1 aromatic carbocycles. The number of nitrogens with zero attached hydrogens (tertiary/aromatic N) is 1. The maximum Gasteiger partial charge on any atom is 0.337 e. The molecule has 0 aliphatic rings. The summed E-state index contributed by atoms with van der Waals surface area (Å²) in [6.45, 7) is 6.48. The van der Waals surface area contributed by atoms with Crippen LogP contribution in [0.5, 0.6) is 0 Å². The lowest BCUT2D eigenvalue weighted by Crippen LogP contribution is -2.37. The Labute approximate surface area is 113 Å². The zero-order chi connectivity index (χ0) is 14.6. The fraction of sp³-hybridized carbons (Fsp3) is 0.429. The molecule has 0 aromatic heterocycles. The number of amides is 1. The lowest BCUT2D eigenvalue weighted by Gasteiger charge is -2.27. The van der Waals surface area contributed by atoms with Gasteiger partial charge >= 0.3 is 5.97 Å². The van der Waals surface area contributed by atoms with Crippen molar-refractivity contribution in [2.45, 2.75) is 20.8 Å². The largest absolute Gasteiger partial charge is 0.478 e. The summed E-state index contributed by atoms with van der Waals surface area (Å²) in [5, 5.41) is 9.23. The van der Waals surface area contributed by atoms with Crippen molar-refractivity contribution < 1.29 is 14.7 Å². The minimum atomic E-state index is -1.01. The molecule has 0 bridgehead atoms. The van der Waals surface area contributed by atoms with Gasteiger partial charge in [0.1, 0.15) is 0 Å². The predicted octanol–water partition coefficient (Wildman–Crippen LogP) is 1.64. The van der Waals surface area contributed by atoms with Gasteiger partial charge < -0.3 is 15.7 Å². The van der Waals surface area contributed by atoms with Crippen molar-refractivity contribution >= 4 is 17.6 Å². The highest BCUT2D eigenvalue weighted by molar-refractivity contribution is 5.95. The summed E-state index contributed by atoms with van der Waals surface area (Å²) < 4.78 is 0. The molecule has 0 fully saturated rings. The Morgan fingerprint density at radius 3 is 2.47 bits per heavy atom. The van der Waals surface area contributed by atoms with Crippen molar-refractivity contribution in [2.24, 2.45) is 11.7 Å². The second kappa shape index (κ2) is 6.22. The van der Waals surface area contributed by atoms with E-state index in [1.54, 1.807) is 23.1 Å². The van der Waals surface area contributed by atoms with Crippen molar-refractivity contribution in [3.63, 3.8) is 0 Å². The molecule has 3 N–H and O–H groups in total. The van der Waals surface area contributed by atoms with E-state index < -0.39 is 11.9 Å². The van der Waals surface area contributed by atoms with E-state index in [2.05, 4.69) is 0 Å². The third-order valence-electron chi connectivity index (χ3n) is 2.66. The quantitative estimate of drug-likeness (QED) is 0.818. The van der Waals surface area contributed by atoms with Crippen molar-refractivity contribution in [1.29, 1.82) is 0 Å². The highest BCUT2D eigenvalue weighted by Gasteiger charge is 2.18. The van der Waals surface area contributed by atoms with Crippen molar-refractivity contribution in [3.05, 3.63) is 29.3 Å². The minimum Gasteiger partial charge on any atom is -0.478 e. The summed E-state index contributed by atoms with van der Waals surface area (Å²) >= 11 is 0. The summed E-state index contributed by atoms with van der Waals surface area (Å²) in [5.74, 6) is -1.19. The van der Waals surface area contributed by atoms with Crippen LogP contribution in [0.15, 0.2) is 18.2 Å². The number of aryl methyl sites for hydroxylation is 1. The van der Waals surface area contributed by atoms with Gasteiger partial charge in [0.2, 0.25) is 5.91 Å². The van der Waals surface area contributed by atoms with E-state index in [4.69, 9.17) is 5.73 Å². The molecule has 1 amide bonds. The number of carboxylic acids is 1. The van der Waals surface area contributed by atoms with Crippen LogP contribution in [0.4, 0.5) is 5.69 Å². The molecule has 0 aliphatic carbocycles. The van der Waals surface area contributed by atoms with E-state index in [1.807, 2.05) is 20.8 Å². The molecule has 0 saturated heterocycles. The number of carboxylic acid groups (broad SMARTS) is 1. The topological polar surface area (TPSA) is 83.6 Å². The van der Waals surface area contributed by atoms with Crippen LogP contribution in [0.1, 0.15) is 29.8 Å². The third kappa shape index (κ3) is 4.28. The van der Waals surface area contributed by atoms with Crippen molar-refractivity contribution in [1.82, 2.24) is 0 Å². The van der Waals surface area contributed by atoms with Gasteiger partial charge in [-0.05, 0) is 30.5 Å². The third-order valence-corrected chi connectivity index (χ3v) is 2.66. The van der Waals surface area contributed by atoms with E-state index in [-0.39, 0.29) is 12.1 Å². The molecule has 1 rings (SSSR count). The van der Waals surface area contributed by atoms with Crippen LogP contribution in [0.2, 0.25) is 0 Å². The van der Waals surface area contributed by atoms with E-state index in [9.17, 15) is 14.7 Å². The number of hydrogen-bond acceptors (Lipinski definition) is 3. The normalized spacial score (nSPS) is 10.5. The SMILES string of the molecule is Cc1ccc(C(=O)O)c(N(CC(N)=O)CC(C)C)c1. The lowest BCUT2D eigenvalue weighted by molar-refractivity contribution is -0.116. The molecule has 19 heavy (non-hydrogen) atoms. The van der Waals surface area contributed by atoms with Crippen molar-refractivity contribution in [3.8, 4) is 0 Å². The van der Waals surface area contributed by atoms with Crippen molar-refractivity contribution in [2.75, 3.05) is 18.0 Å². The van der Waals surface area contributed by atoms with E-state index >= 15 is 0 Å². The summed E-state index contributed by atoms with van der Waals surface area (Å²) in [5.41, 5.74) is 6.91. The highest BCUT2D eigenvalue weighted by Crippen LogP contribution is 2.23. The number of aromatic carboxylic acids is 1. The van der Waals surface area contributed by atoms with Gasteiger partial charge in [-0.15, -0.1) is 0 Å². The number of carbonyl (C=O) groups excluding carboxylic acids is 1. The average molecular weight is 264 g/mol. The zero-order valence-electron chi connectivity index (χ0n) is 11.5. The van der Waals surface area contributed by atoms with Gasteiger partial charge in [0, 0.05) is 6.54 Å². The van der Waals surface area contributed by atoms with Crippen LogP contribution < -0.4 is 10.6 Å². The first kappa shape index (κ1) is 15.0. The number of benzene rings is 1. The Morgan fingerprint density at radius 1 is 1.37 bits per heavy atom. The number of rotatable bonds is 6. The predicted molar refractivity (Wildman–Crippen MR) is 74.4 cm³/mol. The van der Waals surface area contributed by atoms with Gasteiger partial charge in [-0.2, -0.15) is 0 Å². The Bertz CT molecular complexity index is 484. The van der Waals surface area contributed by atoms with Gasteiger partial charge in [0.05, 0.1) is 17.8 Å². The fourth-order valence-electron chi connectivity index (χ4n) is 1.96. The molecule has 0 saturated carbocycles. The number of carbonyl (C=O) groups is 2. The molecular formula is C14H20N2O3. The smallest absolute Gasteiger partial charge is 0.337 e. The summed E-state index contributed by atoms with van der Waals surface area (Å²) in [4.78, 5) is 24.2. The number of primary amides is 1. The molecule has 0 radical (unpaired) electrons. The second-order valence-electron chi connectivity index (χ2n) is 5.07. The molecule has 0 unspecified atom stereocenters. The molecular weight excluding hydrogens is 244 g/mol. The van der Waals surface area contributed by atoms with E-state index in [0.29, 0.717) is 18.2 Å². The molecule has 0 aliphatic heterocycles. The number of hydrogen-bond donors (Lipinski definition) is 2. The molecule has 0 spiro atoms. The lowest BCUT2D eigenvalue weighted by atomic mass is 10.1. The Hall–Kier alpha value is -2.04. The summed E-state index contributed by atoms with van der Waals surface area (Å²) in [6, 6.07) is 5.07. The second-order valence-corrected chi connectivity index (χ2v) is 5.07. The van der Waals surface area contributed by atoms with Crippen LogP contribution in [0.25, 0.3) is 0 Å². The van der Waals surface area contributed by atoms with Gasteiger partial charge in [0.25, 0.3) is 0 Å². The van der Waals surface area contributed by atoms with Crippen LogP contribution in [0.3, 0.4) is 0 Å².